The number of piperidine rings is 1. The molecule has 0 bridgehead atoms. The van der Waals surface area contributed by atoms with Gasteiger partial charge < -0.3 is 25.0 Å². The lowest BCUT2D eigenvalue weighted by Crippen LogP contribution is -2.44. The number of anilines is 2. The quantitative estimate of drug-likeness (QED) is 0.295. The van der Waals surface area contributed by atoms with Crippen LogP contribution in [0.5, 0.6) is 5.75 Å². The van der Waals surface area contributed by atoms with Crippen molar-refractivity contribution in [3.63, 3.8) is 0 Å². The lowest BCUT2D eigenvalue weighted by molar-refractivity contribution is 0.0126. The normalized spacial score (nSPS) is 14.1. The summed E-state index contributed by atoms with van der Waals surface area (Å²) in [6, 6.07) is 12.0. The third-order valence-electron chi connectivity index (χ3n) is 6.92. The van der Waals surface area contributed by atoms with Crippen LogP contribution < -0.4 is 15.4 Å². The Labute approximate surface area is 262 Å². The number of halogens is 2. The Morgan fingerprint density at radius 1 is 0.909 bits per heavy atom. The summed E-state index contributed by atoms with van der Waals surface area (Å²) in [5, 5.41) is 5.74. The van der Waals surface area contributed by atoms with Gasteiger partial charge in [0.15, 0.2) is 0 Å². The first-order valence-electron chi connectivity index (χ1n) is 14.4. The largest absolute Gasteiger partial charge is 0.489 e. The van der Waals surface area contributed by atoms with E-state index in [1.54, 1.807) is 17.0 Å². The van der Waals surface area contributed by atoms with Gasteiger partial charge in [-0.1, -0.05) is 38.4 Å². The zero-order chi connectivity index (χ0) is 32.2. The highest BCUT2D eigenvalue weighted by Gasteiger charge is 2.29. The van der Waals surface area contributed by atoms with Crippen LogP contribution in [-0.4, -0.2) is 52.6 Å². The third kappa shape index (κ3) is 8.69. The summed E-state index contributed by atoms with van der Waals surface area (Å²) in [6.45, 7) is 12.6. The van der Waals surface area contributed by atoms with Crippen molar-refractivity contribution in [2.75, 3.05) is 23.7 Å². The van der Waals surface area contributed by atoms with Gasteiger partial charge in [0.05, 0.1) is 21.8 Å². The molecule has 234 valence electrons. The van der Waals surface area contributed by atoms with Crippen LogP contribution >= 0.6 is 11.6 Å². The van der Waals surface area contributed by atoms with Crippen molar-refractivity contribution >= 4 is 41.0 Å². The highest BCUT2D eigenvalue weighted by molar-refractivity contribution is 6.30. The molecule has 2 aromatic carbocycles. The average Bonchev–Trinajstić information content (AvgIpc) is 2.94. The van der Waals surface area contributed by atoms with Crippen LogP contribution in [-0.2, 0) is 10.2 Å². The van der Waals surface area contributed by atoms with Gasteiger partial charge in [-0.15, -0.1) is 0 Å². The number of hydrogen-bond acceptors (Lipinski definition) is 6. The molecule has 0 unspecified atom stereocenters. The van der Waals surface area contributed by atoms with E-state index in [9.17, 15) is 18.8 Å². The van der Waals surface area contributed by atoms with Gasteiger partial charge in [-0.25, -0.2) is 14.2 Å². The van der Waals surface area contributed by atoms with Crippen LogP contribution in [0.2, 0.25) is 5.02 Å². The van der Waals surface area contributed by atoms with Gasteiger partial charge in [-0.3, -0.25) is 9.59 Å². The first-order chi connectivity index (χ1) is 20.6. The molecule has 1 saturated heterocycles. The number of benzene rings is 2. The van der Waals surface area contributed by atoms with E-state index in [0.29, 0.717) is 36.7 Å². The van der Waals surface area contributed by atoms with Crippen molar-refractivity contribution in [1.29, 1.82) is 0 Å². The smallest absolute Gasteiger partial charge is 0.410 e. The van der Waals surface area contributed by atoms with Crippen molar-refractivity contribution in [2.45, 2.75) is 71.5 Å². The Kier molecular flexibility index (Phi) is 9.83. The fourth-order valence-corrected chi connectivity index (χ4v) is 4.68. The summed E-state index contributed by atoms with van der Waals surface area (Å²) in [5.41, 5.74) is 0.441. The summed E-state index contributed by atoms with van der Waals surface area (Å²) in [7, 11) is 0. The number of amides is 3. The molecule has 3 aromatic rings. The van der Waals surface area contributed by atoms with Crippen molar-refractivity contribution in [3.05, 3.63) is 82.3 Å². The molecule has 1 aromatic heterocycles. The Bertz CT molecular complexity index is 1520. The zero-order valence-corrected chi connectivity index (χ0v) is 26.5. The van der Waals surface area contributed by atoms with Crippen molar-refractivity contribution in [1.82, 2.24) is 9.88 Å². The number of likely N-dealkylation sites (tertiary alicyclic amines) is 1. The Hall–Kier alpha value is -4.18. The molecule has 0 atom stereocenters. The summed E-state index contributed by atoms with van der Waals surface area (Å²) in [5.74, 6) is -1.24. The maximum absolute atomic E-state index is 14.2. The van der Waals surface area contributed by atoms with E-state index in [-0.39, 0.29) is 40.2 Å². The number of carbonyl (C=O) groups excluding carboxylic acids is 3. The van der Waals surface area contributed by atoms with Gasteiger partial charge in [0, 0.05) is 32.1 Å². The van der Waals surface area contributed by atoms with Gasteiger partial charge in [0.2, 0.25) is 0 Å². The predicted octanol–water partition coefficient (Wildman–Crippen LogP) is 7.45. The minimum Gasteiger partial charge on any atom is -0.489 e. The van der Waals surface area contributed by atoms with E-state index in [2.05, 4.69) is 36.4 Å². The zero-order valence-electron chi connectivity index (χ0n) is 25.8. The second-order valence-electron chi connectivity index (χ2n) is 12.7. The highest BCUT2D eigenvalue weighted by Crippen LogP contribution is 2.32. The van der Waals surface area contributed by atoms with Crippen molar-refractivity contribution in [2.24, 2.45) is 0 Å². The van der Waals surface area contributed by atoms with Crippen LogP contribution in [0.15, 0.2) is 54.7 Å². The number of rotatable bonds is 6. The molecule has 9 nitrogen and oxygen atoms in total. The van der Waals surface area contributed by atoms with E-state index >= 15 is 0 Å². The third-order valence-corrected chi connectivity index (χ3v) is 7.15. The maximum atomic E-state index is 14.2. The van der Waals surface area contributed by atoms with Gasteiger partial charge in [0.1, 0.15) is 29.1 Å². The minimum absolute atomic E-state index is 0.0848. The predicted molar refractivity (Wildman–Crippen MR) is 168 cm³/mol. The Balaban J connectivity index is 1.54. The topological polar surface area (TPSA) is 110 Å². The monoisotopic (exact) mass is 624 g/mol. The van der Waals surface area contributed by atoms with Crippen LogP contribution in [0, 0.1) is 5.82 Å². The van der Waals surface area contributed by atoms with E-state index in [0.717, 1.165) is 17.7 Å². The molecule has 0 saturated carbocycles. The molecule has 0 radical (unpaired) electrons. The van der Waals surface area contributed by atoms with E-state index in [1.807, 2.05) is 32.9 Å². The first kappa shape index (κ1) is 32.7. The first-order valence-corrected chi connectivity index (χ1v) is 14.8. The molecule has 3 amide bonds. The van der Waals surface area contributed by atoms with Crippen LogP contribution in [0.3, 0.4) is 0 Å². The van der Waals surface area contributed by atoms with E-state index in [4.69, 9.17) is 21.1 Å². The number of ether oxygens (including phenoxy) is 2. The second kappa shape index (κ2) is 13.2. The molecule has 0 aliphatic carbocycles. The molecule has 4 rings (SSSR count). The molecule has 44 heavy (non-hydrogen) atoms. The lowest BCUT2D eigenvalue weighted by atomic mass is 9.86. The molecular formula is C33H38ClFN4O5. The fraction of sp³-hybridized carbons (Fsp3) is 0.394. The number of pyridine rings is 1. The summed E-state index contributed by atoms with van der Waals surface area (Å²) >= 11 is 5.87. The van der Waals surface area contributed by atoms with Crippen LogP contribution in [0.25, 0.3) is 0 Å². The molecule has 2 heterocycles. The molecular weight excluding hydrogens is 587 g/mol. The lowest BCUT2D eigenvalue weighted by Gasteiger charge is -2.34. The number of nitrogens with zero attached hydrogens (tertiary/aromatic N) is 2. The van der Waals surface area contributed by atoms with Crippen LogP contribution in [0.4, 0.5) is 20.7 Å². The van der Waals surface area contributed by atoms with Gasteiger partial charge in [-0.2, -0.15) is 0 Å². The SMILES string of the molecule is CC(C)(C)OC(=O)N1CCC(Oc2cc(C(C)(C)C)ccc2C(=O)Nc2ccc(F)cc2C(=O)Nc2ccc(Cl)cn2)CC1. The molecule has 2 N–H and O–H groups in total. The fourth-order valence-electron chi connectivity index (χ4n) is 4.57. The highest BCUT2D eigenvalue weighted by atomic mass is 35.5. The minimum atomic E-state index is -0.661. The van der Waals surface area contributed by atoms with Crippen molar-refractivity contribution in [3.8, 4) is 5.75 Å². The average molecular weight is 625 g/mol. The standard InChI is InChI=1S/C33H38ClFN4O5/c1-32(2,3)20-7-10-24(27(17-20)43-23-13-15-39(16-14-23)31(42)44-33(4,5)6)29(40)37-26-11-9-22(35)18-25(26)30(41)38-28-12-8-21(34)19-36-28/h7-12,17-19,23H,13-16H2,1-6H3,(H,37,40)(H,36,38,41). The molecule has 1 aliphatic rings. The molecule has 1 aliphatic heterocycles. The number of nitrogens with one attached hydrogen (secondary N) is 2. The summed E-state index contributed by atoms with van der Waals surface area (Å²) < 4.78 is 26.1. The number of aromatic nitrogens is 1. The van der Waals surface area contributed by atoms with Gasteiger partial charge in [0.25, 0.3) is 11.8 Å². The molecule has 1 fully saturated rings. The van der Waals surface area contributed by atoms with Gasteiger partial charge in [-0.05, 0) is 74.2 Å². The van der Waals surface area contributed by atoms with Gasteiger partial charge >= 0.3 is 6.09 Å². The molecule has 11 heteroatoms. The Morgan fingerprint density at radius 2 is 1.59 bits per heavy atom. The summed E-state index contributed by atoms with van der Waals surface area (Å²) in [6.07, 6.45) is 1.88. The summed E-state index contributed by atoms with van der Waals surface area (Å²) in [4.78, 5) is 44.9. The Morgan fingerprint density at radius 3 is 2.20 bits per heavy atom. The number of hydrogen-bond donors (Lipinski definition) is 2. The number of carbonyl (C=O) groups is 3. The van der Waals surface area contributed by atoms with Crippen LogP contribution in [0.1, 0.15) is 80.7 Å². The van der Waals surface area contributed by atoms with Crippen molar-refractivity contribution < 1.29 is 28.2 Å². The maximum Gasteiger partial charge on any atom is 0.410 e. The second-order valence-corrected chi connectivity index (χ2v) is 13.1. The van der Waals surface area contributed by atoms with E-state index < -0.39 is 23.2 Å². The van der Waals surface area contributed by atoms with E-state index in [1.165, 1.54) is 18.3 Å². The molecule has 0 spiro atoms.